The minimum Gasteiger partial charge on any atom is -0.458 e. The minimum absolute atomic E-state index is 0.181. The second-order valence-electron chi connectivity index (χ2n) is 3.01. The smallest absolute Gasteiger partial charge is 0.358 e. The molecular weight excluding hydrogens is 201 g/mol. The Morgan fingerprint density at radius 3 is 2.80 bits per heavy atom. The zero-order valence-electron chi connectivity index (χ0n) is 8.79. The number of ether oxygens (including phenoxy) is 1. The first-order chi connectivity index (χ1) is 7.11. The number of hydrogen-bond donors (Lipinski definition) is 1. The summed E-state index contributed by atoms with van der Waals surface area (Å²) < 4.78 is 17.8. The summed E-state index contributed by atoms with van der Waals surface area (Å²) in [5.41, 5.74) is 6.84. The standard InChI is InChI=1S/C9H14FN3O2/c1-3-6-7(11)8(13(2)12-6)9(14)15-5-4-10/h3-5,11H2,1-2H3. The molecule has 0 aliphatic rings. The SMILES string of the molecule is CCc1nn(C)c(C(=O)OCCF)c1N. The van der Waals surface area contributed by atoms with E-state index in [4.69, 9.17) is 5.73 Å². The van der Waals surface area contributed by atoms with Crippen LogP contribution in [-0.4, -0.2) is 29.0 Å². The van der Waals surface area contributed by atoms with Gasteiger partial charge >= 0.3 is 5.97 Å². The van der Waals surface area contributed by atoms with Crippen LogP contribution in [0.1, 0.15) is 23.1 Å². The molecule has 0 aliphatic heterocycles. The summed E-state index contributed by atoms with van der Waals surface area (Å²) in [7, 11) is 1.60. The molecule has 0 atom stereocenters. The molecule has 1 rings (SSSR count). The van der Waals surface area contributed by atoms with Crippen LogP contribution in [0, 0.1) is 0 Å². The number of nitrogens with zero attached hydrogens (tertiary/aromatic N) is 2. The quantitative estimate of drug-likeness (QED) is 0.750. The van der Waals surface area contributed by atoms with Crippen molar-refractivity contribution in [3.8, 4) is 0 Å². The molecule has 2 N–H and O–H groups in total. The Kier molecular flexibility index (Phi) is 3.65. The van der Waals surface area contributed by atoms with Gasteiger partial charge in [-0.3, -0.25) is 4.68 Å². The van der Waals surface area contributed by atoms with Gasteiger partial charge in [-0.1, -0.05) is 6.92 Å². The van der Waals surface area contributed by atoms with E-state index in [1.807, 2.05) is 6.92 Å². The Morgan fingerprint density at radius 2 is 2.33 bits per heavy atom. The average molecular weight is 215 g/mol. The van der Waals surface area contributed by atoms with E-state index in [0.717, 1.165) is 0 Å². The molecule has 0 bridgehead atoms. The zero-order valence-corrected chi connectivity index (χ0v) is 8.79. The maximum Gasteiger partial charge on any atom is 0.358 e. The van der Waals surface area contributed by atoms with Crippen LogP contribution in [0.3, 0.4) is 0 Å². The van der Waals surface area contributed by atoms with Gasteiger partial charge in [0.25, 0.3) is 0 Å². The molecule has 0 amide bonds. The number of alkyl halides is 1. The Hall–Kier alpha value is -1.59. The molecule has 0 aromatic carbocycles. The Balaban J connectivity index is 2.93. The molecule has 6 heteroatoms. The molecule has 5 nitrogen and oxygen atoms in total. The molecule has 15 heavy (non-hydrogen) atoms. The lowest BCUT2D eigenvalue weighted by Gasteiger charge is -2.02. The molecular formula is C9H14FN3O2. The van der Waals surface area contributed by atoms with Crippen molar-refractivity contribution in [3.05, 3.63) is 11.4 Å². The van der Waals surface area contributed by atoms with Crippen molar-refractivity contribution in [2.24, 2.45) is 7.05 Å². The van der Waals surface area contributed by atoms with Gasteiger partial charge in [0, 0.05) is 7.05 Å². The number of nitrogens with two attached hydrogens (primary N) is 1. The minimum atomic E-state index is -0.704. The number of carbonyl (C=O) groups excluding carboxylic acids is 1. The summed E-state index contributed by atoms with van der Waals surface area (Å²) in [5.74, 6) is -0.639. The van der Waals surface area contributed by atoms with Gasteiger partial charge in [-0.05, 0) is 6.42 Å². The number of halogens is 1. The molecule has 1 aromatic rings. The maximum absolute atomic E-state index is 11.8. The number of carbonyl (C=O) groups is 1. The summed E-state index contributed by atoms with van der Waals surface area (Å²) in [6, 6.07) is 0. The average Bonchev–Trinajstić information content (AvgIpc) is 2.50. The number of nitrogen functional groups attached to an aromatic ring is 1. The predicted octanol–water partition coefficient (Wildman–Crippen LogP) is 0.691. The van der Waals surface area contributed by atoms with Gasteiger partial charge in [0.1, 0.15) is 13.3 Å². The van der Waals surface area contributed by atoms with Crippen LogP contribution >= 0.6 is 0 Å². The van der Waals surface area contributed by atoms with Crippen molar-refractivity contribution in [1.82, 2.24) is 9.78 Å². The molecule has 0 aliphatic carbocycles. The highest BCUT2D eigenvalue weighted by atomic mass is 19.1. The molecule has 84 valence electrons. The maximum atomic E-state index is 11.8. The van der Waals surface area contributed by atoms with Crippen molar-refractivity contribution in [2.75, 3.05) is 19.0 Å². The van der Waals surface area contributed by atoms with Crippen LogP contribution in [0.15, 0.2) is 0 Å². The van der Waals surface area contributed by atoms with Gasteiger partial charge in [0.2, 0.25) is 0 Å². The first-order valence-electron chi connectivity index (χ1n) is 4.66. The Morgan fingerprint density at radius 1 is 1.67 bits per heavy atom. The topological polar surface area (TPSA) is 70.1 Å². The molecule has 1 heterocycles. The summed E-state index contributed by atoms with van der Waals surface area (Å²) in [5, 5.41) is 4.05. The third kappa shape index (κ3) is 2.26. The number of anilines is 1. The third-order valence-corrected chi connectivity index (χ3v) is 2.00. The second kappa shape index (κ2) is 4.77. The van der Waals surface area contributed by atoms with Crippen LogP contribution in [0.5, 0.6) is 0 Å². The third-order valence-electron chi connectivity index (χ3n) is 2.00. The van der Waals surface area contributed by atoms with E-state index in [1.54, 1.807) is 7.05 Å². The highest BCUT2D eigenvalue weighted by molar-refractivity contribution is 5.93. The summed E-state index contributed by atoms with van der Waals surface area (Å²) in [6.07, 6.45) is 0.635. The van der Waals surface area contributed by atoms with Crippen molar-refractivity contribution in [2.45, 2.75) is 13.3 Å². The van der Waals surface area contributed by atoms with Crippen molar-refractivity contribution in [3.63, 3.8) is 0 Å². The number of aromatic nitrogens is 2. The molecule has 0 saturated carbocycles. The predicted molar refractivity (Wildman–Crippen MR) is 53.3 cm³/mol. The van der Waals surface area contributed by atoms with E-state index in [-0.39, 0.29) is 12.3 Å². The molecule has 0 fully saturated rings. The summed E-state index contributed by atoms with van der Waals surface area (Å²) in [4.78, 5) is 11.4. The van der Waals surface area contributed by atoms with Gasteiger partial charge in [0.05, 0.1) is 11.4 Å². The molecule has 0 spiro atoms. The van der Waals surface area contributed by atoms with Crippen LogP contribution < -0.4 is 5.73 Å². The van der Waals surface area contributed by atoms with Gasteiger partial charge in [-0.25, -0.2) is 9.18 Å². The van der Waals surface area contributed by atoms with Gasteiger partial charge in [0.15, 0.2) is 5.69 Å². The second-order valence-corrected chi connectivity index (χ2v) is 3.01. The zero-order chi connectivity index (χ0) is 11.4. The highest BCUT2D eigenvalue weighted by Crippen LogP contribution is 2.17. The Bertz CT molecular complexity index is 362. The first kappa shape index (κ1) is 11.5. The van der Waals surface area contributed by atoms with Gasteiger partial charge < -0.3 is 10.5 Å². The van der Waals surface area contributed by atoms with Crippen molar-refractivity contribution >= 4 is 11.7 Å². The highest BCUT2D eigenvalue weighted by Gasteiger charge is 2.20. The lowest BCUT2D eigenvalue weighted by atomic mass is 10.2. The van der Waals surface area contributed by atoms with Crippen LogP contribution in [0.2, 0.25) is 0 Å². The van der Waals surface area contributed by atoms with E-state index in [1.165, 1.54) is 4.68 Å². The van der Waals surface area contributed by atoms with Gasteiger partial charge in [-0.15, -0.1) is 0 Å². The van der Waals surface area contributed by atoms with Crippen LogP contribution in [0.4, 0.5) is 10.1 Å². The molecule has 0 saturated heterocycles. The fourth-order valence-electron chi connectivity index (χ4n) is 1.30. The first-order valence-corrected chi connectivity index (χ1v) is 4.66. The number of rotatable bonds is 4. The number of esters is 1. The normalized spacial score (nSPS) is 10.3. The fourth-order valence-corrected chi connectivity index (χ4v) is 1.30. The number of hydrogen-bond acceptors (Lipinski definition) is 4. The van der Waals surface area contributed by atoms with E-state index in [2.05, 4.69) is 9.84 Å². The summed E-state index contributed by atoms with van der Waals surface area (Å²) >= 11 is 0. The number of aryl methyl sites for hydroxylation is 2. The molecule has 0 radical (unpaired) electrons. The van der Waals surface area contributed by atoms with Crippen molar-refractivity contribution in [1.29, 1.82) is 0 Å². The monoisotopic (exact) mass is 215 g/mol. The van der Waals surface area contributed by atoms with Crippen molar-refractivity contribution < 1.29 is 13.9 Å². The Labute approximate surface area is 87.0 Å². The van der Waals surface area contributed by atoms with E-state index in [0.29, 0.717) is 17.8 Å². The fraction of sp³-hybridized carbons (Fsp3) is 0.556. The lowest BCUT2D eigenvalue weighted by Crippen LogP contribution is -2.13. The van der Waals surface area contributed by atoms with E-state index in [9.17, 15) is 9.18 Å². The van der Waals surface area contributed by atoms with Crippen LogP contribution in [0.25, 0.3) is 0 Å². The lowest BCUT2D eigenvalue weighted by molar-refractivity contribution is 0.0470. The molecule has 0 unspecified atom stereocenters. The summed E-state index contributed by atoms with van der Waals surface area (Å²) in [6.45, 7) is 0.921. The van der Waals surface area contributed by atoms with E-state index < -0.39 is 12.6 Å². The van der Waals surface area contributed by atoms with E-state index >= 15 is 0 Å². The van der Waals surface area contributed by atoms with Gasteiger partial charge in [-0.2, -0.15) is 5.10 Å². The largest absolute Gasteiger partial charge is 0.458 e. The molecule has 1 aromatic heterocycles. The van der Waals surface area contributed by atoms with Crippen LogP contribution in [-0.2, 0) is 18.2 Å².